The van der Waals surface area contributed by atoms with Crippen molar-refractivity contribution in [3.8, 4) is 0 Å². The molecule has 1 rings (SSSR count). The van der Waals surface area contributed by atoms with Crippen molar-refractivity contribution in [2.45, 2.75) is 123 Å². The molecule has 5 heteroatoms. The van der Waals surface area contributed by atoms with Gasteiger partial charge >= 0.3 is 11.9 Å². The molecule has 1 aromatic rings. The van der Waals surface area contributed by atoms with Gasteiger partial charge in [-0.2, -0.15) is 0 Å². The molecule has 0 fully saturated rings. The first-order valence-electron chi connectivity index (χ1n) is 12.6. The van der Waals surface area contributed by atoms with Gasteiger partial charge in [-0.3, -0.25) is 9.59 Å². The molecule has 5 nitrogen and oxygen atoms in total. The number of unbranched alkanes of at least 4 members (excludes halogenated alkanes) is 7. The fourth-order valence-electron chi connectivity index (χ4n) is 3.96. The van der Waals surface area contributed by atoms with Crippen LogP contribution in [-0.2, 0) is 25.7 Å². The number of rotatable bonds is 20. The topological polar surface area (TPSA) is 72.8 Å². The summed E-state index contributed by atoms with van der Waals surface area (Å²) in [4.78, 5) is 22.2. The van der Waals surface area contributed by atoms with Crippen LogP contribution in [0.2, 0.25) is 0 Å². The Kier molecular flexibility index (Phi) is 16.4. The molecule has 32 heavy (non-hydrogen) atoms. The lowest BCUT2D eigenvalue weighted by molar-refractivity contribution is -0.149. The number of aliphatic carboxylic acids is 1. The second kappa shape index (κ2) is 18.7. The Bertz CT molecular complexity index is 601. The van der Waals surface area contributed by atoms with Crippen molar-refractivity contribution in [3.63, 3.8) is 0 Å². The summed E-state index contributed by atoms with van der Waals surface area (Å²) in [6.45, 7) is 4.23. The van der Waals surface area contributed by atoms with Gasteiger partial charge in [0.15, 0.2) is 0 Å². The van der Waals surface area contributed by atoms with Crippen molar-refractivity contribution in [3.05, 3.63) is 35.9 Å². The number of ether oxygens (including phenoxy) is 2. The molecule has 0 aliphatic carbocycles. The average molecular weight is 449 g/mol. The van der Waals surface area contributed by atoms with Gasteiger partial charge in [-0.15, -0.1) is 0 Å². The van der Waals surface area contributed by atoms with E-state index in [1.807, 2.05) is 18.2 Å². The van der Waals surface area contributed by atoms with E-state index in [0.717, 1.165) is 19.3 Å². The molecule has 0 saturated carbocycles. The summed E-state index contributed by atoms with van der Waals surface area (Å²) in [6, 6.07) is 10.2. The van der Waals surface area contributed by atoms with E-state index in [2.05, 4.69) is 19.1 Å². The van der Waals surface area contributed by atoms with Gasteiger partial charge in [0, 0.05) is 13.3 Å². The van der Waals surface area contributed by atoms with E-state index in [0.29, 0.717) is 19.4 Å². The van der Waals surface area contributed by atoms with E-state index < -0.39 is 5.97 Å². The highest BCUT2D eigenvalue weighted by molar-refractivity contribution is 5.67. The van der Waals surface area contributed by atoms with Gasteiger partial charge in [0.05, 0.1) is 12.7 Å². The molecule has 0 spiro atoms. The van der Waals surface area contributed by atoms with Gasteiger partial charge in [0.25, 0.3) is 0 Å². The molecule has 0 amide bonds. The third-order valence-electron chi connectivity index (χ3n) is 5.77. The molecule has 1 N–H and O–H groups in total. The third-order valence-corrected chi connectivity index (χ3v) is 5.77. The standard InChI is InChI=1S/C27H44O5/c1-3-4-5-6-7-8-9-13-17-25(31-22-24-15-11-10-12-16-24)18-14-19-26(32-23(2)28)20-21-27(29)30/h10-12,15-16,25-26H,3-9,13-14,17-22H2,1-2H3,(H,29,30). The van der Waals surface area contributed by atoms with Crippen molar-refractivity contribution < 1.29 is 24.2 Å². The summed E-state index contributed by atoms with van der Waals surface area (Å²) >= 11 is 0. The minimum absolute atomic E-state index is 0.0180. The van der Waals surface area contributed by atoms with Crippen LogP contribution in [0.4, 0.5) is 0 Å². The molecule has 0 bridgehead atoms. The Morgan fingerprint density at radius 2 is 1.41 bits per heavy atom. The number of carboxylic acid groups (broad SMARTS) is 1. The van der Waals surface area contributed by atoms with Crippen molar-refractivity contribution >= 4 is 11.9 Å². The zero-order valence-electron chi connectivity index (χ0n) is 20.2. The first-order chi connectivity index (χ1) is 15.5. The number of carbonyl (C=O) groups is 2. The largest absolute Gasteiger partial charge is 0.481 e. The minimum Gasteiger partial charge on any atom is -0.481 e. The molecule has 2 atom stereocenters. The Morgan fingerprint density at radius 1 is 0.812 bits per heavy atom. The van der Waals surface area contributed by atoms with Crippen molar-refractivity contribution in [2.75, 3.05) is 0 Å². The minimum atomic E-state index is -0.860. The first-order valence-corrected chi connectivity index (χ1v) is 12.6. The normalized spacial score (nSPS) is 12.9. The van der Waals surface area contributed by atoms with Gasteiger partial charge in [0.2, 0.25) is 0 Å². The number of hydrogen-bond acceptors (Lipinski definition) is 4. The maximum absolute atomic E-state index is 11.3. The zero-order chi connectivity index (χ0) is 23.4. The van der Waals surface area contributed by atoms with Crippen molar-refractivity contribution in [2.24, 2.45) is 0 Å². The number of esters is 1. The van der Waals surface area contributed by atoms with Crippen molar-refractivity contribution in [1.82, 2.24) is 0 Å². The Labute approximate surface area is 194 Å². The monoisotopic (exact) mass is 448 g/mol. The van der Waals surface area contributed by atoms with Gasteiger partial charge in [-0.25, -0.2) is 0 Å². The number of hydrogen-bond donors (Lipinski definition) is 1. The van der Waals surface area contributed by atoms with E-state index in [1.54, 1.807) is 0 Å². The maximum Gasteiger partial charge on any atom is 0.303 e. The molecule has 0 radical (unpaired) electrons. The summed E-state index contributed by atoms with van der Waals surface area (Å²) < 4.78 is 11.6. The molecule has 1 aromatic carbocycles. The molecular formula is C27H44O5. The van der Waals surface area contributed by atoms with E-state index in [4.69, 9.17) is 14.6 Å². The fourth-order valence-corrected chi connectivity index (χ4v) is 3.96. The van der Waals surface area contributed by atoms with Gasteiger partial charge in [-0.1, -0.05) is 88.6 Å². The molecule has 0 aromatic heterocycles. The Balaban J connectivity index is 2.42. The Hall–Kier alpha value is -1.88. The predicted molar refractivity (Wildman–Crippen MR) is 129 cm³/mol. The first kappa shape index (κ1) is 28.2. The summed E-state index contributed by atoms with van der Waals surface area (Å²) in [5, 5.41) is 8.93. The highest BCUT2D eigenvalue weighted by Gasteiger charge is 2.16. The lowest BCUT2D eigenvalue weighted by atomic mass is 10.0. The van der Waals surface area contributed by atoms with Crippen LogP contribution in [0.25, 0.3) is 0 Å². The summed E-state index contributed by atoms with van der Waals surface area (Å²) in [5.74, 6) is -1.21. The van der Waals surface area contributed by atoms with Crippen LogP contribution in [0, 0.1) is 0 Å². The maximum atomic E-state index is 11.3. The predicted octanol–water partition coefficient (Wildman–Crippen LogP) is 7.07. The second-order valence-corrected chi connectivity index (χ2v) is 8.78. The number of carboxylic acids is 1. The van der Waals surface area contributed by atoms with Gasteiger partial charge in [0.1, 0.15) is 6.10 Å². The van der Waals surface area contributed by atoms with Crippen LogP contribution < -0.4 is 0 Å². The smallest absolute Gasteiger partial charge is 0.303 e. The lowest BCUT2D eigenvalue weighted by Crippen LogP contribution is -2.19. The summed E-state index contributed by atoms with van der Waals surface area (Å²) in [6.07, 6.45) is 14.0. The van der Waals surface area contributed by atoms with Crippen LogP contribution in [0.15, 0.2) is 30.3 Å². The highest BCUT2D eigenvalue weighted by atomic mass is 16.5. The van der Waals surface area contributed by atoms with E-state index in [1.165, 1.54) is 63.9 Å². The van der Waals surface area contributed by atoms with Crippen LogP contribution in [0.1, 0.15) is 109 Å². The molecule has 0 saturated heterocycles. The van der Waals surface area contributed by atoms with E-state index in [9.17, 15) is 9.59 Å². The molecule has 0 aliphatic rings. The fraction of sp³-hybridized carbons (Fsp3) is 0.704. The summed E-state index contributed by atoms with van der Waals surface area (Å²) in [7, 11) is 0. The lowest BCUT2D eigenvalue weighted by Gasteiger charge is -2.20. The highest BCUT2D eigenvalue weighted by Crippen LogP contribution is 2.19. The van der Waals surface area contributed by atoms with E-state index >= 15 is 0 Å². The SMILES string of the molecule is CCCCCCCCCCC(CCCC(CCC(=O)O)OC(C)=O)OCc1ccccc1. The third kappa shape index (κ3) is 15.9. The van der Waals surface area contributed by atoms with Crippen molar-refractivity contribution in [1.29, 1.82) is 0 Å². The van der Waals surface area contributed by atoms with Crippen LogP contribution >= 0.6 is 0 Å². The average Bonchev–Trinajstić information content (AvgIpc) is 2.77. The van der Waals surface area contributed by atoms with Crippen LogP contribution in [0.3, 0.4) is 0 Å². The van der Waals surface area contributed by atoms with Gasteiger partial charge < -0.3 is 14.6 Å². The summed E-state index contributed by atoms with van der Waals surface area (Å²) in [5.41, 5.74) is 1.17. The zero-order valence-corrected chi connectivity index (χ0v) is 20.2. The van der Waals surface area contributed by atoms with Gasteiger partial charge in [-0.05, 0) is 37.7 Å². The molecular weight excluding hydrogens is 404 g/mol. The molecule has 2 unspecified atom stereocenters. The van der Waals surface area contributed by atoms with Crippen LogP contribution in [0.5, 0.6) is 0 Å². The number of carbonyl (C=O) groups excluding carboxylic acids is 1. The quantitative estimate of drug-likeness (QED) is 0.171. The Morgan fingerprint density at radius 3 is 2.03 bits per heavy atom. The van der Waals surface area contributed by atoms with Crippen LogP contribution in [-0.4, -0.2) is 29.3 Å². The molecule has 0 heterocycles. The second-order valence-electron chi connectivity index (χ2n) is 8.78. The molecule has 182 valence electrons. The van der Waals surface area contributed by atoms with E-state index in [-0.39, 0.29) is 24.6 Å². The molecule has 0 aliphatic heterocycles. The number of benzene rings is 1.